The predicted molar refractivity (Wildman–Crippen MR) is 131 cm³/mol. The molecule has 0 aromatic heterocycles. The van der Waals surface area contributed by atoms with Crippen LogP contribution in [0.25, 0.3) is 0 Å². The van der Waals surface area contributed by atoms with Gasteiger partial charge in [-0.3, -0.25) is 9.79 Å². The number of carbonyl (C=O) groups is 1. The topological polar surface area (TPSA) is 41.9 Å². The van der Waals surface area contributed by atoms with Crippen molar-refractivity contribution in [3.63, 3.8) is 0 Å². The first-order valence-corrected chi connectivity index (χ1v) is 10.6. The molecule has 6 heteroatoms. The van der Waals surface area contributed by atoms with Gasteiger partial charge in [0, 0.05) is 23.5 Å². The van der Waals surface area contributed by atoms with Gasteiger partial charge in [-0.2, -0.15) is 0 Å². The van der Waals surface area contributed by atoms with E-state index in [1.807, 2.05) is 89.8 Å². The molecule has 0 radical (unpaired) electrons. The molecule has 3 aromatic carbocycles. The summed E-state index contributed by atoms with van der Waals surface area (Å²) in [5, 5.41) is 0.917. The molecule has 0 N–H and O–H groups in total. The lowest BCUT2D eigenvalue weighted by Crippen LogP contribution is -2.35. The van der Waals surface area contributed by atoms with Crippen molar-refractivity contribution in [2.45, 2.75) is 6.42 Å². The Kier molecular flexibility index (Phi) is 8.11. The van der Waals surface area contributed by atoms with E-state index >= 15 is 0 Å². The molecule has 3 aromatic rings. The van der Waals surface area contributed by atoms with Gasteiger partial charge in [0.2, 0.25) is 0 Å². The molecule has 0 amide bonds. The summed E-state index contributed by atoms with van der Waals surface area (Å²) in [6.07, 6.45) is 1.08. The highest BCUT2D eigenvalue weighted by molar-refractivity contribution is 8.93. The van der Waals surface area contributed by atoms with Crippen LogP contribution in [0, 0.1) is 0 Å². The largest absolute Gasteiger partial charge is 0.457 e. The van der Waals surface area contributed by atoms with Crippen molar-refractivity contribution >= 4 is 45.4 Å². The summed E-state index contributed by atoms with van der Waals surface area (Å²) in [7, 11) is 0. The SMILES string of the molecule is Br.O=C(CN(C1=NCCCS1)c1ccccc1)c1ccc(Oc2ccccc2)cc1. The summed E-state index contributed by atoms with van der Waals surface area (Å²) in [6, 6.07) is 26.9. The van der Waals surface area contributed by atoms with Gasteiger partial charge in [0.1, 0.15) is 11.5 Å². The van der Waals surface area contributed by atoms with Gasteiger partial charge < -0.3 is 9.64 Å². The third-order valence-electron chi connectivity index (χ3n) is 4.54. The molecular formula is C24H23BrN2O2S. The summed E-state index contributed by atoms with van der Waals surface area (Å²) >= 11 is 1.71. The molecule has 0 saturated carbocycles. The number of hydrogen-bond acceptors (Lipinski definition) is 5. The maximum Gasteiger partial charge on any atom is 0.182 e. The summed E-state index contributed by atoms with van der Waals surface area (Å²) in [4.78, 5) is 19.7. The molecule has 1 aliphatic heterocycles. The van der Waals surface area contributed by atoms with Crippen LogP contribution in [0.15, 0.2) is 89.9 Å². The quantitative estimate of drug-likeness (QED) is 0.390. The average molecular weight is 483 g/mol. The summed E-state index contributed by atoms with van der Waals surface area (Å²) < 4.78 is 5.81. The van der Waals surface area contributed by atoms with Gasteiger partial charge in [-0.25, -0.2) is 0 Å². The maximum absolute atomic E-state index is 13.0. The number of thioether (sulfide) groups is 1. The fraction of sp³-hybridized carbons (Fsp3) is 0.167. The minimum Gasteiger partial charge on any atom is -0.457 e. The second-order valence-corrected chi connectivity index (χ2v) is 7.71. The van der Waals surface area contributed by atoms with Crippen LogP contribution in [0.5, 0.6) is 11.5 Å². The van der Waals surface area contributed by atoms with E-state index in [0.717, 1.165) is 35.3 Å². The predicted octanol–water partition coefficient (Wildman–Crippen LogP) is 6.24. The Morgan fingerprint density at radius 2 is 1.53 bits per heavy atom. The molecule has 0 atom stereocenters. The number of ketones is 1. The smallest absolute Gasteiger partial charge is 0.182 e. The summed E-state index contributed by atoms with van der Waals surface area (Å²) in [5.74, 6) is 2.56. The van der Waals surface area contributed by atoms with Crippen LogP contribution in [0.3, 0.4) is 0 Å². The number of anilines is 1. The zero-order chi connectivity index (χ0) is 19.9. The molecule has 4 nitrogen and oxygen atoms in total. The lowest BCUT2D eigenvalue weighted by atomic mass is 10.1. The zero-order valence-corrected chi connectivity index (χ0v) is 19.0. The minimum absolute atomic E-state index is 0. The Morgan fingerprint density at radius 1 is 0.900 bits per heavy atom. The van der Waals surface area contributed by atoms with Crippen molar-refractivity contribution in [2.75, 3.05) is 23.7 Å². The van der Waals surface area contributed by atoms with Crippen molar-refractivity contribution in [3.8, 4) is 11.5 Å². The number of nitrogens with zero attached hydrogens (tertiary/aromatic N) is 2. The van der Waals surface area contributed by atoms with Gasteiger partial charge in [-0.05, 0) is 55.0 Å². The number of para-hydroxylation sites is 2. The zero-order valence-electron chi connectivity index (χ0n) is 16.4. The Morgan fingerprint density at radius 3 is 2.17 bits per heavy atom. The van der Waals surface area contributed by atoms with Crippen LogP contribution in [-0.4, -0.2) is 29.8 Å². The number of ether oxygens (including phenoxy) is 1. The second kappa shape index (κ2) is 11.0. The Hall–Kier alpha value is -2.57. The third-order valence-corrected chi connectivity index (χ3v) is 5.64. The van der Waals surface area contributed by atoms with E-state index in [0.29, 0.717) is 11.3 Å². The first kappa shape index (κ1) is 22.1. The molecule has 0 fully saturated rings. The molecule has 4 rings (SSSR count). The van der Waals surface area contributed by atoms with Crippen LogP contribution in [0.4, 0.5) is 5.69 Å². The van der Waals surface area contributed by atoms with Crippen LogP contribution < -0.4 is 9.64 Å². The fourth-order valence-electron chi connectivity index (χ4n) is 3.06. The first-order valence-electron chi connectivity index (χ1n) is 9.65. The van der Waals surface area contributed by atoms with Crippen molar-refractivity contribution in [1.82, 2.24) is 0 Å². The normalized spacial score (nSPS) is 13.0. The lowest BCUT2D eigenvalue weighted by Gasteiger charge is -2.27. The number of benzene rings is 3. The van der Waals surface area contributed by atoms with Gasteiger partial charge >= 0.3 is 0 Å². The number of Topliss-reactive ketones (excluding diaryl/α,β-unsaturated/α-hetero) is 1. The molecule has 154 valence electrons. The van der Waals surface area contributed by atoms with E-state index in [1.165, 1.54) is 0 Å². The minimum atomic E-state index is 0. The molecule has 0 aliphatic carbocycles. The van der Waals surface area contributed by atoms with Crippen LogP contribution in [0.2, 0.25) is 0 Å². The van der Waals surface area contributed by atoms with E-state index < -0.39 is 0 Å². The van der Waals surface area contributed by atoms with Crippen molar-refractivity contribution in [2.24, 2.45) is 4.99 Å². The lowest BCUT2D eigenvalue weighted by molar-refractivity contribution is 0.100. The number of aliphatic imine (C=N–C) groups is 1. The molecule has 0 bridgehead atoms. The summed E-state index contributed by atoms with van der Waals surface area (Å²) in [5.41, 5.74) is 1.64. The Labute approximate surface area is 191 Å². The highest BCUT2D eigenvalue weighted by atomic mass is 79.9. The van der Waals surface area contributed by atoms with Gasteiger partial charge in [0.25, 0.3) is 0 Å². The van der Waals surface area contributed by atoms with Gasteiger partial charge in [0.05, 0.1) is 6.54 Å². The van der Waals surface area contributed by atoms with E-state index in [2.05, 4.69) is 4.99 Å². The highest BCUT2D eigenvalue weighted by Gasteiger charge is 2.20. The molecule has 1 heterocycles. The molecule has 0 saturated heterocycles. The van der Waals surface area contributed by atoms with Crippen molar-refractivity contribution in [3.05, 3.63) is 90.5 Å². The van der Waals surface area contributed by atoms with Crippen LogP contribution in [0.1, 0.15) is 16.8 Å². The Balaban J connectivity index is 0.00000256. The standard InChI is InChI=1S/C24H22N2O2S.BrH/c27-23(19-12-14-22(15-13-19)28-21-10-5-2-6-11-21)18-26(20-8-3-1-4-9-20)24-25-16-7-17-29-24;/h1-6,8-15H,7,16-18H2;1H. The molecule has 0 spiro atoms. The van der Waals surface area contributed by atoms with Crippen LogP contribution in [-0.2, 0) is 0 Å². The van der Waals surface area contributed by atoms with Gasteiger partial charge in [-0.1, -0.05) is 48.2 Å². The van der Waals surface area contributed by atoms with E-state index in [4.69, 9.17) is 4.74 Å². The monoisotopic (exact) mass is 482 g/mol. The van der Waals surface area contributed by atoms with E-state index in [9.17, 15) is 4.79 Å². The number of halogens is 1. The summed E-state index contributed by atoms with van der Waals surface area (Å²) in [6.45, 7) is 1.07. The third kappa shape index (κ3) is 5.74. The number of carbonyl (C=O) groups excluding carboxylic acids is 1. The van der Waals surface area contributed by atoms with E-state index in [-0.39, 0.29) is 29.3 Å². The fourth-order valence-corrected chi connectivity index (χ4v) is 4.02. The maximum atomic E-state index is 13.0. The van der Waals surface area contributed by atoms with Crippen molar-refractivity contribution in [1.29, 1.82) is 0 Å². The number of hydrogen-bond donors (Lipinski definition) is 0. The number of rotatable bonds is 6. The van der Waals surface area contributed by atoms with Crippen LogP contribution >= 0.6 is 28.7 Å². The second-order valence-electron chi connectivity index (χ2n) is 6.65. The Bertz CT molecular complexity index is 979. The van der Waals surface area contributed by atoms with Crippen molar-refractivity contribution < 1.29 is 9.53 Å². The van der Waals surface area contributed by atoms with Gasteiger partial charge in [0.15, 0.2) is 11.0 Å². The molecule has 30 heavy (non-hydrogen) atoms. The van der Waals surface area contributed by atoms with E-state index in [1.54, 1.807) is 11.8 Å². The first-order chi connectivity index (χ1) is 14.3. The highest BCUT2D eigenvalue weighted by Crippen LogP contribution is 2.24. The number of amidine groups is 1. The van der Waals surface area contributed by atoms with Gasteiger partial charge in [-0.15, -0.1) is 17.0 Å². The molecular weight excluding hydrogens is 460 g/mol. The molecule has 1 aliphatic rings. The molecule has 0 unspecified atom stereocenters. The average Bonchev–Trinajstić information content (AvgIpc) is 2.80.